The molecule has 0 atom stereocenters. The number of carbonyl (C=O) groups excluding carboxylic acids is 4. The Hall–Kier alpha value is -3.68. The molecule has 0 fully saturated rings. The first-order chi connectivity index (χ1) is 13.3. The molecule has 8 nitrogen and oxygen atoms in total. The van der Waals surface area contributed by atoms with Gasteiger partial charge < -0.3 is 20.7 Å². The van der Waals surface area contributed by atoms with Crippen LogP contribution in [0.25, 0.3) is 0 Å². The SMILES string of the molecule is CNC(=O)c1cccc(NC(=O)COC(=O)c2cccc(C)c2NC(C)=O)c1. The highest BCUT2D eigenvalue weighted by molar-refractivity contribution is 6.03. The second-order valence-corrected chi connectivity index (χ2v) is 5.96. The number of aryl methyl sites for hydroxylation is 1. The van der Waals surface area contributed by atoms with E-state index in [1.807, 2.05) is 0 Å². The number of anilines is 2. The van der Waals surface area contributed by atoms with E-state index in [2.05, 4.69) is 16.0 Å². The molecule has 0 aliphatic heterocycles. The molecular formula is C20H21N3O5. The largest absolute Gasteiger partial charge is 0.452 e. The van der Waals surface area contributed by atoms with Gasteiger partial charge in [0.15, 0.2) is 6.61 Å². The van der Waals surface area contributed by atoms with Crippen molar-refractivity contribution >= 4 is 35.1 Å². The molecule has 0 aliphatic carbocycles. The van der Waals surface area contributed by atoms with Crippen molar-refractivity contribution in [2.75, 3.05) is 24.3 Å². The Morgan fingerprint density at radius 2 is 1.71 bits per heavy atom. The van der Waals surface area contributed by atoms with E-state index in [1.165, 1.54) is 26.1 Å². The molecule has 28 heavy (non-hydrogen) atoms. The van der Waals surface area contributed by atoms with Crippen molar-refractivity contribution in [1.29, 1.82) is 0 Å². The molecule has 0 spiro atoms. The maximum absolute atomic E-state index is 12.3. The smallest absolute Gasteiger partial charge is 0.340 e. The fourth-order valence-electron chi connectivity index (χ4n) is 2.47. The van der Waals surface area contributed by atoms with Crippen LogP contribution < -0.4 is 16.0 Å². The standard InChI is InChI=1S/C20H21N3O5/c1-12-6-4-9-16(18(12)22-13(2)24)20(27)28-11-17(25)23-15-8-5-7-14(10-15)19(26)21-3/h4-10H,11H2,1-3H3,(H,21,26)(H,22,24)(H,23,25). The van der Waals surface area contributed by atoms with Gasteiger partial charge in [0.05, 0.1) is 11.3 Å². The number of nitrogens with one attached hydrogen (secondary N) is 3. The zero-order valence-corrected chi connectivity index (χ0v) is 15.8. The van der Waals surface area contributed by atoms with Crippen molar-refractivity contribution < 1.29 is 23.9 Å². The Bertz CT molecular complexity index is 924. The summed E-state index contributed by atoms with van der Waals surface area (Å²) in [6.07, 6.45) is 0. The lowest BCUT2D eigenvalue weighted by Crippen LogP contribution is -2.22. The normalized spacial score (nSPS) is 9.96. The summed E-state index contributed by atoms with van der Waals surface area (Å²) in [4.78, 5) is 47.4. The highest BCUT2D eigenvalue weighted by Gasteiger charge is 2.17. The predicted octanol–water partition coefficient (Wildman–Crippen LogP) is 2.11. The molecule has 0 saturated heterocycles. The van der Waals surface area contributed by atoms with Crippen molar-refractivity contribution in [2.45, 2.75) is 13.8 Å². The Kier molecular flexibility index (Phi) is 6.86. The van der Waals surface area contributed by atoms with E-state index in [4.69, 9.17) is 4.74 Å². The lowest BCUT2D eigenvalue weighted by atomic mass is 10.1. The number of amides is 3. The number of rotatable bonds is 6. The van der Waals surface area contributed by atoms with Crippen LogP contribution in [0.3, 0.4) is 0 Å². The molecule has 0 heterocycles. The summed E-state index contributed by atoms with van der Waals surface area (Å²) in [6, 6.07) is 11.3. The summed E-state index contributed by atoms with van der Waals surface area (Å²) < 4.78 is 5.06. The Morgan fingerprint density at radius 1 is 1.00 bits per heavy atom. The molecule has 0 aliphatic rings. The number of ether oxygens (including phenoxy) is 1. The van der Waals surface area contributed by atoms with E-state index >= 15 is 0 Å². The van der Waals surface area contributed by atoms with Crippen LogP contribution in [0.1, 0.15) is 33.2 Å². The van der Waals surface area contributed by atoms with Gasteiger partial charge in [0.1, 0.15) is 0 Å². The third-order valence-electron chi connectivity index (χ3n) is 3.76. The fourth-order valence-corrected chi connectivity index (χ4v) is 2.47. The number of benzene rings is 2. The summed E-state index contributed by atoms with van der Waals surface area (Å²) in [5, 5.41) is 7.65. The molecule has 0 unspecified atom stereocenters. The van der Waals surface area contributed by atoms with Crippen LogP contribution in [-0.4, -0.2) is 37.3 Å². The van der Waals surface area contributed by atoms with Crippen LogP contribution >= 0.6 is 0 Å². The van der Waals surface area contributed by atoms with Gasteiger partial charge in [-0.2, -0.15) is 0 Å². The zero-order chi connectivity index (χ0) is 20.7. The van der Waals surface area contributed by atoms with Gasteiger partial charge in [0.2, 0.25) is 5.91 Å². The van der Waals surface area contributed by atoms with Gasteiger partial charge in [0, 0.05) is 25.2 Å². The van der Waals surface area contributed by atoms with Crippen molar-refractivity contribution in [3.8, 4) is 0 Å². The molecular weight excluding hydrogens is 362 g/mol. The van der Waals surface area contributed by atoms with Crippen LogP contribution in [0.15, 0.2) is 42.5 Å². The van der Waals surface area contributed by atoms with Crippen LogP contribution in [0.4, 0.5) is 11.4 Å². The van der Waals surface area contributed by atoms with Gasteiger partial charge in [-0.05, 0) is 36.8 Å². The molecule has 0 saturated carbocycles. The maximum atomic E-state index is 12.3. The molecule has 146 valence electrons. The average molecular weight is 383 g/mol. The summed E-state index contributed by atoms with van der Waals surface area (Å²) >= 11 is 0. The number of hydrogen-bond donors (Lipinski definition) is 3. The minimum absolute atomic E-state index is 0.157. The van der Waals surface area contributed by atoms with Crippen LogP contribution in [-0.2, 0) is 14.3 Å². The first-order valence-electron chi connectivity index (χ1n) is 8.48. The van der Waals surface area contributed by atoms with Crippen LogP contribution in [0.5, 0.6) is 0 Å². The molecule has 8 heteroatoms. The second-order valence-electron chi connectivity index (χ2n) is 5.96. The minimum atomic E-state index is -0.735. The third-order valence-corrected chi connectivity index (χ3v) is 3.76. The van der Waals surface area contributed by atoms with Gasteiger partial charge in [-0.3, -0.25) is 14.4 Å². The third kappa shape index (κ3) is 5.41. The number of carbonyl (C=O) groups is 4. The average Bonchev–Trinajstić information content (AvgIpc) is 2.67. The molecule has 2 rings (SSSR count). The highest BCUT2D eigenvalue weighted by atomic mass is 16.5. The van der Waals surface area contributed by atoms with Gasteiger partial charge in [-0.1, -0.05) is 18.2 Å². The van der Waals surface area contributed by atoms with Crippen molar-refractivity contribution in [3.63, 3.8) is 0 Å². The van der Waals surface area contributed by atoms with Crippen molar-refractivity contribution in [1.82, 2.24) is 5.32 Å². The van der Waals surface area contributed by atoms with E-state index in [-0.39, 0.29) is 17.4 Å². The van der Waals surface area contributed by atoms with Gasteiger partial charge in [-0.15, -0.1) is 0 Å². The van der Waals surface area contributed by atoms with E-state index in [1.54, 1.807) is 37.3 Å². The number of esters is 1. The molecule has 3 amide bonds. The topological polar surface area (TPSA) is 114 Å². The van der Waals surface area contributed by atoms with Crippen LogP contribution in [0, 0.1) is 6.92 Å². The first-order valence-corrected chi connectivity index (χ1v) is 8.48. The van der Waals surface area contributed by atoms with E-state index in [0.717, 1.165) is 0 Å². The lowest BCUT2D eigenvalue weighted by Gasteiger charge is -2.12. The molecule has 2 aromatic rings. The fraction of sp³-hybridized carbons (Fsp3) is 0.200. The molecule has 3 N–H and O–H groups in total. The van der Waals surface area contributed by atoms with Gasteiger partial charge in [-0.25, -0.2) is 4.79 Å². The van der Waals surface area contributed by atoms with E-state index < -0.39 is 18.5 Å². The van der Waals surface area contributed by atoms with Crippen molar-refractivity contribution in [2.24, 2.45) is 0 Å². The summed E-state index contributed by atoms with van der Waals surface area (Å²) in [6.45, 7) is 2.56. The first kappa shape index (κ1) is 20.6. The monoisotopic (exact) mass is 383 g/mol. The summed E-state index contributed by atoms with van der Waals surface area (Å²) in [7, 11) is 1.51. The second kappa shape index (κ2) is 9.31. The Balaban J connectivity index is 2.02. The van der Waals surface area contributed by atoms with E-state index in [0.29, 0.717) is 22.5 Å². The molecule has 0 bridgehead atoms. The van der Waals surface area contributed by atoms with Crippen molar-refractivity contribution in [3.05, 3.63) is 59.2 Å². The maximum Gasteiger partial charge on any atom is 0.340 e. The Labute approximate surface area is 162 Å². The molecule has 0 aromatic heterocycles. The number of para-hydroxylation sites is 1. The lowest BCUT2D eigenvalue weighted by molar-refractivity contribution is -0.119. The molecule has 0 radical (unpaired) electrons. The summed E-state index contributed by atoms with van der Waals surface area (Å²) in [5.74, 6) is -1.90. The Morgan fingerprint density at radius 3 is 2.39 bits per heavy atom. The predicted molar refractivity (Wildman–Crippen MR) is 104 cm³/mol. The molecule has 2 aromatic carbocycles. The van der Waals surface area contributed by atoms with Gasteiger partial charge in [0.25, 0.3) is 11.8 Å². The van der Waals surface area contributed by atoms with Gasteiger partial charge >= 0.3 is 5.97 Å². The highest BCUT2D eigenvalue weighted by Crippen LogP contribution is 2.21. The van der Waals surface area contributed by atoms with E-state index in [9.17, 15) is 19.2 Å². The summed E-state index contributed by atoms with van der Waals surface area (Å²) in [5.41, 5.74) is 1.98. The zero-order valence-electron chi connectivity index (χ0n) is 15.8. The quantitative estimate of drug-likeness (QED) is 0.661. The number of hydrogen-bond acceptors (Lipinski definition) is 5. The minimum Gasteiger partial charge on any atom is -0.452 e. The van der Waals surface area contributed by atoms with Crippen LogP contribution in [0.2, 0.25) is 0 Å².